The van der Waals surface area contributed by atoms with Crippen LogP contribution in [0.1, 0.15) is 32.8 Å². The van der Waals surface area contributed by atoms with E-state index in [1.165, 1.54) is 0 Å². The highest BCUT2D eigenvalue weighted by Crippen LogP contribution is 2.13. The maximum atomic E-state index is 11.8. The van der Waals surface area contributed by atoms with Crippen LogP contribution in [-0.4, -0.2) is 29.6 Å². The first kappa shape index (κ1) is 17.0. The predicted molar refractivity (Wildman–Crippen MR) is 80.3 cm³/mol. The molecule has 0 bridgehead atoms. The van der Waals surface area contributed by atoms with Crippen LogP contribution in [0, 0.1) is 5.92 Å². The Morgan fingerprint density at radius 2 is 2.05 bits per heavy atom. The molecule has 5 nitrogen and oxygen atoms in total. The minimum absolute atomic E-state index is 0.130. The number of rotatable bonds is 8. The predicted octanol–water partition coefficient (Wildman–Crippen LogP) is 2.24. The molecule has 1 amide bonds. The number of benzene rings is 1. The summed E-state index contributed by atoms with van der Waals surface area (Å²) in [5, 5.41) is 11.6. The second kappa shape index (κ2) is 8.29. The van der Waals surface area contributed by atoms with Crippen LogP contribution in [0.2, 0.25) is 0 Å². The Morgan fingerprint density at radius 1 is 1.33 bits per heavy atom. The molecule has 0 aliphatic heterocycles. The van der Waals surface area contributed by atoms with Crippen molar-refractivity contribution in [2.45, 2.75) is 39.7 Å². The zero-order chi connectivity index (χ0) is 15.8. The number of ether oxygens (including phenoxy) is 1. The van der Waals surface area contributed by atoms with Crippen molar-refractivity contribution < 1.29 is 19.4 Å². The Balaban J connectivity index is 2.54. The molecule has 21 heavy (non-hydrogen) atoms. The number of aliphatic carboxylic acids is 1. The average molecular weight is 293 g/mol. The van der Waals surface area contributed by atoms with E-state index in [0.717, 1.165) is 12.0 Å². The fourth-order valence-electron chi connectivity index (χ4n) is 1.90. The largest absolute Gasteiger partial charge is 0.484 e. The molecule has 0 aliphatic carbocycles. The summed E-state index contributed by atoms with van der Waals surface area (Å²) in [7, 11) is 0. The highest BCUT2D eigenvalue weighted by molar-refractivity contribution is 5.84. The van der Waals surface area contributed by atoms with E-state index in [0.29, 0.717) is 12.2 Å². The third-order valence-corrected chi connectivity index (χ3v) is 3.47. The zero-order valence-electron chi connectivity index (χ0n) is 12.8. The van der Waals surface area contributed by atoms with Gasteiger partial charge in [0.15, 0.2) is 6.61 Å². The lowest BCUT2D eigenvalue weighted by atomic mass is 9.99. The Bertz CT molecular complexity index is 487. The van der Waals surface area contributed by atoms with Gasteiger partial charge in [-0.1, -0.05) is 39.3 Å². The molecule has 2 atom stereocenters. The highest BCUT2D eigenvalue weighted by atomic mass is 16.5. The van der Waals surface area contributed by atoms with Gasteiger partial charge in [-0.2, -0.15) is 0 Å². The molecular weight excluding hydrogens is 270 g/mol. The summed E-state index contributed by atoms with van der Waals surface area (Å²) in [4.78, 5) is 22.9. The van der Waals surface area contributed by atoms with Gasteiger partial charge in [-0.3, -0.25) is 4.79 Å². The summed E-state index contributed by atoms with van der Waals surface area (Å²) < 4.78 is 5.40. The molecule has 5 heteroatoms. The molecule has 0 saturated heterocycles. The maximum Gasteiger partial charge on any atom is 0.326 e. The van der Waals surface area contributed by atoms with E-state index in [1.54, 1.807) is 13.0 Å². The SMILES string of the molecule is CCc1cccc(OCC(=O)N[C@H](C(=O)O)[C@@H](C)CC)c1. The summed E-state index contributed by atoms with van der Waals surface area (Å²) in [6.45, 7) is 5.53. The maximum absolute atomic E-state index is 11.8. The van der Waals surface area contributed by atoms with Crippen LogP contribution in [0.5, 0.6) is 5.75 Å². The number of hydrogen-bond acceptors (Lipinski definition) is 3. The van der Waals surface area contributed by atoms with E-state index in [9.17, 15) is 9.59 Å². The lowest BCUT2D eigenvalue weighted by Crippen LogP contribution is -2.46. The highest BCUT2D eigenvalue weighted by Gasteiger charge is 2.25. The first-order chi connectivity index (χ1) is 9.97. The molecule has 1 aromatic carbocycles. The molecule has 1 aromatic rings. The molecule has 1 rings (SSSR count). The lowest BCUT2D eigenvalue weighted by molar-refractivity contribution is -0.143. The number of carboxylic acid groups (broad SMARTS) is 1. The minimum atomic E-state index is -1.02. The van der Waals surface area contributed by atoms with E-state index in [1.807, 2.05) is 32.0 Å². The number of nitrogens with one attached hydrogen (secondary N) is 1. The first-order valence-corrected chi connectivity index (χ1v) is 7.21. The first-order valence-electron chi connectivity index (χ1n) is 7.21. The summed E-state index contributed by atoms with van der Waals surface area (Å²) in [6.07, 6.45) is 1.56. The molecule has 0 unspecified atom stereocenters. The molecule has 2 N–H and O–H groups in total. The summed E-state index contributed by atoms with van der Waals surface area (Å²) in [6, 6.07) is 6.61. The van der Waals surface area contributed by atoms with Crippen molar-refractivity contribution in [2.24, 2.45) is 5.92 Å². The smallest absolute Gasteiger partial charge is 0.326 e. The third-order valence-electron chi connectivity index (χ3n) is 3.47. The van der Waals surface area contributed by atoms with Gasteiger partial charge >= 0.3 is 5.97 Å². The van der Waals surface area contributed by atoms with E-state index in [4.69, 9.17) is 9.84 Å². The second-order valence-corrected chi connectivity index (χ2v) is 5.06. The van der Waals surface area contributed by atoms with Crippen molar-refractivity contribution in [3.05, 3.63) is 29.8 Å². The molecular formula is C16H23NO4. The van der Waals surface area contributed by atoms with Crippen LogP contribution in [-0.2, 0) is 16.0 Å². The van der Waals surface area contributed by atoms with Gasteiger partial charge in [0.05, 0.1) is 0 Å². The van der Waals surface area contributed by atoms with Gasteiger partial charge in [0.25, 0.3) is 5.91 Å². The van der Waals surface area contributed by atoms with Crippen molar-refractivity contribution in [3.63, 3.8) is 0 Å². The molecule has 0 heterocycles. The molecule has 0 aromatic heterocycles. The van der Waals surface area contributed by atoms with Crippen LogP contribution in [0.3, 0.4) is 0 Å². The van der Waals surface area contributed by atoms with Crippen LogP contribution in [0.25, 0.3) is 0 Å². The Morgan fingerprint density at radius 3 is 2.62 bits per heavy atom. The fraction of sp³-hybridized carbons (Fsp3) is 0.500. The third kappa shape index (κ3) is 5.45. The van der Waals surface area contributed by atoms with Crippen molar-refractivity contribution >= 4 is 11.9 Å². The van der Waals surface area contributed by atoms with Crippen LogP contribution in [0.15, 0.2) is 24.3 Å². The molecule has 0 spiro atoms. The lowest BCUT2D eigenvalue weighted by Gasteiger charge is -2.20. The normalized spacial score (nSPS) is 13.3. The number of hydrogen-bond donors (Lipinski definition) is 2. The fourth-order valence-corrected chi connectivity index (χ4v) is 1.90. The molecule has 0 aliphatic rings. The monoisotopic (exact) mass is 293 g/mol. The van der Waals surface area contributed by atoms with Crippen molar-refractivity contribution in [3.8, 4) is 5.75 Å². The Labute approximate surface area is 125 Å². The van der Waals surface area contributed by atoms with Crippen molar-refractivity contribution in [2.75, 3.05) is 6.61 Å². The summed E-state index contributed by atoms with van der Waals surface area (Å²) in [5.74, 6) is -0.968. The second-order valence-electron chi connectivity index (χ2n) is 5.06. The number of amides is 1. The Hall–Kier alpha value is -2.04. The van der Waals surface area contributed by atoms with Gasteiger partial charge in [0.1, 0.15) is 11.8 Å². The van der Waals surface area contributed by atoms with Gasteiger partial charge in [0, 0.05) is 0 Å². The molecule has 0 saturated carbocycles. The molecule has 0 radical (unpaired) electrons. The van der Waals surface area contributed by atoms with E-state index in [-0.39, 0.29) is 12.5 Å². The summed E-state index contributed by atoms with van der Waals surface area (Å²) in [5.41, 5.74) is 1.12. The van der Waals surface area contributed by atoms with Crippen molar-refractivity contribution in [1.82, 2.24) is 5.32 Å². The van der Waals surface area contributed by atoms with Gasteiger partial charge in [0.2, 0.25) is 0 Å². The van der Waals surface area contributed by atoms with E-state index in [2.05, 4.69) is 5.32 Å². The Kier molecular flexibility index (Phi) is 6.72. The van der Waals surface area contributed by atoms with Gasteiger partial charge < -0.3 is 15.2 Å². The summed E-state index contributed by atoms with van der Waals surface area (Å²) >= 11 is 0. The molecule has 0 fully saturated rings. The molecule has 116 valence electrons. The van der Waals surface area contributed by atoms with Crippen molar-refractivity contribution in [1.29, 1.82) is 0 Å². The number of carboxylic acids is 1. The van der Waals surface area contributed by atoms with Crippen LogP contribution >= 0.6 is 0 Å². The average Bonchev–Trinajstić information content (AvgIpc) is 2.49. The minimum Gasteiger partial charge on any atom is -0.484 e. The van der Waals surface area contributed by atoms with E-state index < -0.39 is 17.9 Å². The van der Waals surface area contributed by atoms with Gasteiger partial charge in [-0.25, -0.2) is 4.79 Å². The van der Waals surface area contributed by atoms with Gasteiger partial charge in [-0.15, -0.1) is 0 Å². The van der Waals surface area contributed by atoms with Crippen LogP contribution in [0.4, 0.5) is 0 Å². The zero-order valence-corrected chi connectivity index (χ0v) is 12.8. The van der Waals surface area contributed by atoms with Crippen LogP contribution < -0.4 is 10.1 Å². The quantitative estimate of drug-likeness (QED) is 0.770. The van der Waals surface area contributed by atoms with Gasteiger partial charge in [-0.05, 0) is 30.0 Å². The number of carbonyl (C=O) groups is 2. The topological polar surface area (TPSA) is 75.6 Å². The number of carbonyl (C=O) groups excluding carboxylic acids is 1. The standard InChI is InChI=1S/C16H23NO4/c1-4-11(3)15(16(19)20)17-14(18)10-21-13-8-6-7-12(5-2)9-13/h6-9,11,15H,4-5,10H2,1-3H3,(H,17,18)(H,19,20)/t11-,15-/m0/s1. The van der Waals surface area contributed by atoms with E-state index >= 15 is 0 Å². The number of aryl methyl sites for hydroxylation is 1.